The van der Waals surface area contributed by atoms with Crippen LogP contribution in [0.3, 0.4) is 0 Å². The van der Waals surface area contributed by atoms with Crippen molar-refractivity contribution in [2.45, 2.75) is 76.3 Å². The van der Waals surface area contributed by atoms with Crippen LogP contribution in [0.2, 0.25) is 0 Å². The molecule has 0 amide bonds. The third kappa shape index (κ3) is 8.63. The second-order valence-corrected chi connectivity index (χ2v) is 16.9. The predicted molar refractivity (Wildman–Crippen MR) is 230 cm³/mol. The molecule has 4 aromatic carbocycles. The van der Waals surface area contributed by atoms with Crippen LogP contribution < -0.4 is 25.2 Å². The van der Waals surface area contributed by atoms with Gasteiger partial charge in [0, 0.05) is 31.8 Å². The van der Waals surface area contributed by atoms with Crippen molar-refractivity contribution in [1.29, 1.82) is 5.26 Å². The van der Waals surface area contributed by atoms with Gasteiger partial charge in [0.15, 0.2) is 23.5 Å². The number of aromatic nitrogens is 2. The number of fused-ring (bicyclic) bond motifs is 2. The second kappa shape index (κ2) is 18.9. The fourth-order valence-corrected chi connectivity index (χ4v) is 10.4. The molecule has 1 fully saturated rings. The van der Waals surface area contributed by atoms with Crippen molar-refractivity contribution in [2.75, 3.05) is 39.4 Å². The molecule has 7 rings (SSSR count). The first-order chi connectivity index (χ1) is 29.1. The van der Waals surface area contributed by atoms with Gasteiger partial charge in [-0.25, -0.2) is 4.79 Å². The van der Waals surface area contributed by atoms with E-state index >= 15 is 0 Å². The molecule has 1 unspecified atom stereocenters. The van der Waals surface area contributed by atoms with E-state index in [1.807, 2.05) is 103 Å². The molecule has 0 spiro atoms. The van der Waals surface area contributed by atoms with Gasteiger partial charge in [0.2, 0.25) is 0 Å². The van der Waals surface area contributed by atoms with E-state index in [-0.39, 0.29) is 18.7 Å². The largest absolute Gasteiger partial charge is 0.497 e. The lowest BCUT2D eigenvalue weighted by molar-refractivity contribution is -0.0953. The first kappa shape index (κ1) is 42.8. The Labute approximate surface area is 352 Å². The van der Waals surface area contributed by atoms with E-state index in [0.29, 0.717) is 47.1 Å². The molecule has 3 heterocycles. The van der Waals surface area contributed by atoms with E-state index in [2.05, 4.69) is 48.7 Å². The average Bonchev–Trinajstić information content (AvgIpc) is 3.61. The summed E-state index contributed by atoms with van der Waals surface area (Å²) in [6, 6.07) is 35.6. The zero-order valence-corrected chi connectivity index (χ0v) is 35.9. The molecular formula is C46H52N5O8P. The van der Waals surface area contributed by atoms with Crippen molar-refractivity contribution in [3.8, 4) is 29.1 Å². The molecule has 1 N–H and O–H groups in total. The van der Waals surface area contributed by atoms with Crippen LogP contribution in [-0.4, -0.2) is 78.7 Å². The topological polar surface area (TPSA) is 139 Å². The molecule has 1 saturated heterocycles. The molecule has 0 radical (unpaired) electrons. The van der Waals surface area contributed by atoms with E-state index < -0.39 is 44.1 Å². The molecule has 1 aromatic heterocycles. The predicted octanol–water partition coefficient (Wildman–Crippen LogP) is 8.76. The highest BCUT2D eigenvalue weighted by atomic mass is 31.2. The minimum atomic E-state index is -1.36. The number of hydrogen-bond acceptors (Lipinski definition) is 12. The van der Waals surface area contributed by atoms with Crippen LogP contribution in [0, 0.1) is 11.3 Å². The number of ether oxygens (including phenoxy) is 6. The first-order valence-electron chi connectivity index (χ1n) is 20.0. The maximum atomic E-state index is 14.0. The summed E-state index contributed by atoms with van der Waals surface area (Å²) in [4.78, 5) is 18.4. The van der Waals surface area contributed by atoms with Gasteiger partial charge < -0.3 is 38.3 Å². The molecule has 0 bridgehead atoms. The molecule has 0 aliphatic carbocycles. The van der Waals surface area contributed by atoms with Crippen LogP contribution >= 0.6 is 8.30 Å². The number of para-hydroxylation sites is 2. The van der Waals surface area contributed by atoms with Crippen LogP contribution in [0.15, 0.2) is 114 Å². The number of nitrogens with one attached hydrogen (secondary N) is 1. The molecule has 13 nitrogen and oxygen atoms in total. The maximum absolute atomic E-state index is 14.0. The molecular weight excluding hydrogens is 782 g/mol. The summed E-state index contributed by atoms with van der Waals surface area (Å²) in [5.74, 6) is 2.65. The van der Waals surface area contributed by atoms with E-state index in [4.69, 9.17) is 32.9 Å². The lowest BCUT2D eigenvalue weighted by Crippen LogP contribution is -2.43. The summed E-state index contributed by atoms with van der Waals surface area (Å²) < 4.78 is 48.8. The van der Waals surface area contributed by atoms with Gasteiger partial charge in [-0.2, -0.15) is 10.2 Å². The van der Waals surface area contributed by atoms with Gasteiger partial charge in [0.05, 0.1) is 38.8 Å². The van der Waals surface area contributed by atoms with Gasteiger partial charge in [-0.05, 0) is 80.8 Å². The molecule has 2 aliphatic rings. The minimum absolute atomic E-state index is 0.00267. The van der Waals surface area contributed by atoms with Crippen LogP contribution in [-0.2, 0) is 24.3 Å². The third-order valence-corrected chi connectivity index (χ3v) is 13.3. The van der Waals surface area contributed by atoms with Crippen LogP contribution in [0.4, 0.5) is 11.5 Å². The zero-order chi connectivity index (χ0) is 42.4. The fourth-order valence-electron chi connectivity index (χ4n) is 8.05. The number of hydrogen-bond donors (Lipinski definition) is 1. The Hall–Kier alpha value is -5.32. The Morgan fingerprint density at radius 2 is 1.43 bits per heavy atom. The molecule has 5 aromatic rings. The maximum Gasteiger partial charge on any atom is 0.351 e. The van der Waals surface area contributed by atoms with Crippen LogP contribution in [0.1, 0.15) is 57.0 Å². The summed E-state index contributed by atoms with van der Waals surface area (Å²) >= 11 is 0. The molecule has 314 valence electrons. The Morgan fingerprint density at radius 1 is 0.833 bits per heavy atom. The Kier molecular flexibility index (Phi) is 13.5. The lowest BCUT2D eigenvalue weighted by Gasteiger charge is -2.40. The van der Waals surface area contributed by atoms with Gasteiger partial charge in [-0.1, -0.05) is 66.7 Å². The third-order valence-electron chi connectivity index (χ3n) is 10.7. The van der Waals surface area contributed by atoms with Gasteiger partial charge >= 0.3 is 5.69 Å². The number of nitrogens with zero attached hydrogens (tertiary/aromatic N) is 4. The van der Waals surface area contributed by atoms with Crippen molar-refractivity contribution < 1.29 is 32.9 Å². The van der Waals surface area contributed by atoms with Gasteiger partial charge in [0.1, 0.15) is 43.7 Å². The van der Waals surface area contributed by atoms with Gasteiger partial charge in [0.25, 0.3) is 0 Å². The molecule has 2 aliphatic heterocycles. The first-order valence-corrected chi connectivity index (χ1v) is 21.4. The Morgan fingerprint density at radius 3 is 2.02 bits per heavy atom. The van der Waals surface area contributed by atoms with Crippen molar-refractivity contribution in [1.82, 2.24) is 14.2 Å². The quantitative estimate of drug-likeness (QED) is 0.0695. The summed E-state index contributed by atoms with van der Waals surface area (Å²) in [6.07, 6.45) is -0.945. The number of rotatable bonds is 17. The number of anilines is 2. The van der Waals surface area contributed by atoms with Crippen molar-refractivity contribution in [2.24, 2.45) is 0 Å². The summed E-state index contributed by atoms with van der Waals surface area (Å²) in [7, 11) is 3.48. The smallest absolute Gasteiger partial charge is 0.351 e. The van der Waals surface area contributed by atoms with Crippen molar-refractivity contribution in [3.05, 3.63) is 136 Å². The summed E-state index contributed by atoms with van der Waals surface area (Å²) in [5.41, 5.74) is 1.53. The van der Waals surface area contributed by atoms with E-state index in [0.717, 1.165) is 16.7 Å². The van der Waals surface area contributed by atoms with E-state index in [1.165, 1.54) is 4.57 Å². The number of nitriles is 1. The molecule has 14 heteroatoms. The molecule has 5 atom stereocenters. The monoisotopic (exact) mass is 833 g/mol. The summed E-state index contributed by atoms with van der Waals surface area (Å²) in [5, 5.41) is 13.0. The van der Waals surface area contributed by atoms with Gasteiger partial charge in [-0.15, -0.1) is 0 Å². The minimum Gasteiger partial charge on any atom is -0.497 e. The number of benzene rings is 4. The van der Waals surface area contributed by atoms with E-state index in [1.54, 1.807) is 27.5 Å². The lowest BCUT2D eigenvalue weighted by atomic mass is 9.80. The zero-order valence-electron chi connectivity index (χ0n) is 35.0. The van der Waals surface area contributed by atoms with E-state index in [9.17, 15) is 10.1 Å². The van der Waals surface area contributed by atoms with Crippen molar-refractivity contribution in [3.63, 3.8) is 0 Å². The molecule has 0 saturated carbocycles. The summed E-state index contributed by atoms with van der Waals surface area (Å²) in [6.45, 7) is 8.48. The fraction of sp³-hybridized carbons (Fsp3) is 0.370. The second-order valence-electron chi connectivity index (χ2n) is 15.1. The average molecular weight is 834 g/mol. The number of methoxy groups -OCH3 is 3. The normalized spacial score (nSPS) is 18.9. The highest BCUT2D eigenvalue weighted by molar-refractivity contribution is 7.50. The standard InChI is InChI=1S/C46H52N5O8P/c1-30(2)51(31(3)4)60(27-13-26-47)59-41-40(58-44(42(41)55-7)50-28-39-43(49-45(50)52)48-37-16-11-12-17-38(37)57-39)29-56-46(32-14-9-8-10-15-32,33-18-22-35(53-5)23-19-33)34-20-24-36(54-6)25-21-34/h8-12,14-25,28,30-31,40-42,44H,13,27,29H2,1-7H3,(H,48,49,52)/t40-,41-,42-,44-,60?/m1/s1. The van der Waals surface area contributed by atoms with Crippen LogP contribution in [0.25, 0.3) is 0 Å². The van der Waals surface area contributed by atoms with Gasteiger partial charge in [-0.3, -0.25) is 9.24 Å². The molecule has 60 heavy (non-hydrogen) atoms. The highest BCUT2D eigenvalue weighted by Crippen LogP contribution is 2.51. The van der Waals surface area contributed by atoms with Crippen LogP contribution in [0.5, 0.6) is 23.0 Å². The Bertz CT molecular complexity index is 2250. The van der Waals surface area contributed by atoms with Crippen molar-refractivity contribution >= 4 is 19.8 Å². The SMILES string of the molecule is COc1ccc(C(OC[C@H]2O[C@@H](n3cc4c(nc3=O)Nc3ccccc3O4)[C@H](OC)[C@@H]2OP(CCC#N)N(C(C)C)C(C)C)(c2ccccc2)c2ccc(OC)cc2)cc1. The highest BCUT2D eigenvalue weighted by Gasteiger charge is 2.51. The Balaban J connectivity index is 1.34.